The van der Waals surface area contributed by atoms with E-state index in [1.165, 1.54) is 186 Å². The Kier molecular flexibility index (Phi) is 65.0. The van der Waals surface area contributed by atoms with E-state index < -0.39 is 97.5 Å². The fourth-order valence-corrected chi connectivity index (χ4v) is 13.3. The van der Waals surface area contributed by atoms with Gasteiger partial charge in [0.05, 0.1) is 26.4 Å². The zero-order valence-electron chi connectivity index (χ0n) is 63.0. The van der Waals surface area contributed by atoms with Gasteiger partial charge in [-0.2, -0.15) is 0 Å². The van der Waals surface area contributed by atoms with Crippen molar-refractivity contribution in [1.29, 1.82) is 0 Å². The van der Waals surface area contributed by atoms with Crippen LogP contribution in [0.25, 0.3) is 0 Å². The first-order valence-corrected chi connectivity index (χ1v) is 42.7. The number of phosphoric acid groups is 2. The standard InChI is InChI=1S/C77H150O17P2/c1-67(2)53-45-37-29-23-19-15-13-11-9-10-12-14-16-21-25-32-41-49-57-74(79)87-63-72(94-77(82)60-52-44-34-28-27-31-39-47-55-69(5)6)65-91-95(83,84)89-61-71(78)62-90-96(85,86)92-66-73(64-88-75(80)58-50-42-36-35-40-48-56-70(7)8)93-76(81)59-51-43-33-26-22-18-17-20-24-30-38-46-54-68(3)4/h67-73,78H,9-66H2,1-8H3,(H,83,84)(H,85,86)/t71-,72-,73-/m1/s1. The lowest BCUT2D eigenvalue weighted by molar-refractivity contribution is -0.161. The Morgan fingerprint density at radius 1 is 0.260 bits per heavy atom. The van der Waals surface area contributed by atoms with E-state index in [-0.39, 0.29) is 25.7 Å². The van der Waals surface area contributed by atoms with Crippen molar-refractivity contribution < 1.29 is 80.2 Å². The van der Waals surface area contributed by atoms with Crippen LogP contribution in [0.15, 0.2) is 0 Å². The molecule has 0 rings (SSSR count). The van der Waals surface area contributed by atoms with Gasteiger partial charge < -0.3 is 33.8 Å². The van der Waals surface area contributed by atoms with Crippen LogP contribution in [-0.4, -0.2) is 96.7 Å². The van der Waals surface area contributed by atoms with Crippen molar-refractivity contribution in [3.8, 4) is 0 Å². The number of unbranched alkanes of at least 4 members (excludes halogenated alkanes) is 40. The predicted molar refractivity (Wildman–Crippen MR) is 391 cm³/mol. The molecule has 17 nitrogen and oxygen atoms in total. The normalized spacial score (nSPS) is 14.1. The second-order valence-electron chi connectivity index (χ2n) is 29.7. The number of phosphoric ester groups is 2. The summed E-state index contributed by atoms with van der Waals surface area (Å²) in [7, 11) is -9.91. The lowest BCUT2D eigenvalue weighted by Gasteiger charge is -2.21. The summed E-state index contributed by atoms with van der Waals surface area (Å²) in [4.78, 5) is 72.8. The van der Waals surface area contributed by atoms with Crippen molar-refractivity contribution in [2.45, 2.75) is 408 Å². The highest BCUT2D eigenvalue weighted by molar-refractivity contribution is 7.47. The van der Waals surface area contributed by atoms with E-state index in [1.807, 2.05) is 0 Å². The number of esters is 4. The third kappa shape index (κ3) is 70.5. The summed E-state index contributed by atoms with van der Waals surface area (Å²) in [6.45, 7) is 14.1. The van der Waals surface area contributed by atoms with Crippen LogP contribution in [0.1, 0.15) is 389 Å². The maximum Gasteiger partial charge on any atom is 0.472 e. The average Bonchev–Trinajstić information content (AvgIpc) is 1.10. The van der Waals surface area contributed by atoms with Crippen LogP contribution in [0.5, 0.6) is 0 Å². The van der Waals surface area contributed by atoms with Crippen LogP contribution in [-0.2, 0) is 65.4 Å². The van der Waals surface area contributed by atoms with Crippen LogP contribution < -0.4 is 0 Å². The number of carbonyl (C=O) groups excluding carboxylic acids is 4. The summed E-state index contributed by atoms with van der Waals surface area (Å²) < 4.78 is 68.5. The minimum atomic E-state index is -4.96. The Labute approximate surface area is 588 Å². The highest BCUT2D eigenvalue weighted by atomic mass is 31.2. The van der Waals surface area contributed by atoms with Gasteiger partial charge in [-0.25, -0.2) is 9.13 Å². The highest BCUT2D eigenvalue weighted by Gasteiger charge is 2.30. The summed E-state index contributed by atoms with van der Waals surface area (Å²) >= 11 is 0. The molecule has 0 aliphatic rings. The molecule has 5 atom stereocenters. The lowest BCUT2D eigenvalue weighted by Crippen LogP contribution is -2.30. The first-order chi connectivity index (χ1) is 46.1. The quantitative estimate of drug-likeness (QED) is 0.0222. The minimum absolute atomic E-state index is 0.104. The van der Waals surface area contributed by atoms with Gasteiger partial charge in [0.25, 0.3) is 0 Å². The number of aliphatic hydroxyl groups excluding tert-OH is 1. The van der Waals surface area contributed by atoms with E-state index in [4.69, 9.17) is 37.0 Å². The Balaban J connectivity index is 5.15. The number of hydrogen-bond donors (Lipinski definition) is 3. The third-order valence-electron chi connectivity index (χ3n) is 17.8. The van der Waals surface area contributed by atoms with Gasteiger partial charge in [-0.15, -0.1) is 0 Å². The average molecular weight is 1410 g/mol. The van der Waals surface area contributed by atoms with Gasteiger partial charge in [-0.3, -0.25) is 37.3 Å². The minimum Gasteiger partial charge on any atom is -0.462 e. The van der Waals surface area contributed by atoms with Crippen molar-refractivity contribution in [3.63, 3.8) is 0 Å². The molecule has 0 aliphatic carbocycles. The zero-order chi connectivity index (χ0) is 71.0. The summed E-state index contributed by atoms with van der Waals surface area (Å²) in [6.07, 6.45) is 51.7. The van der Waals surface area contributed by atoms with Crippen molar-refractivity contribution in [2.24, 2.45) is 23.7 Å². The summed E-state index contributed by atoms with van der Waals surface area (Å²) in [6, 6.07) is 0. The molecule has 0 radical (unpaired) electrons. The lowest BCUT2D eigenvalue weighted by atomic mass is 10.0. The molecule has 96 heavy (non-hydrogen) atoms. The third-order valence-corrected chi connectivity index (χ3v) is 19.7. The van der Waals surface area contributed by atoms with E-state index in [0.29, 0.717) is 31.6 Å². The maximum absolute atomic E-state index is 13.1. The SMILES string of the molecule is CC(C)CCCCCCCCCCCCCCCCCCCCC(=O)OC[C@H](COP(=O)(O)OC[C@@H](O)COP(=O)(O)OC[C@@H](COC(=O)CCCCCCCCC(C)C)OC(=O)CCCCCCCCCCCCCCC(C)C)OC(=O)CCCCCCCCCCC(C)C. The van der Waals surface area contributed by atoms with Crippen LogP contribution in [0, 0.1) is 23.7 Å². The first kappa shape index (κ1) is 94.1. The van der Waals surface area contributed by atoms with Crippen LogP contribution in [0.4, 0.5) is 0 Å². The second kappa shape index (κ2) is 66.3. The molecular weight excluding hydrogens is 1260 g/mol. The molecule has 0 saturated heterocycles. The smallest absolute Gasteiger partial charge is 0.462 e. The highest BCUT2D eigenvalue weighted by Crippen LogP contribution is 2.45. The van der Waals surface area contributed by atoms with Crippen molar-refractivity contribution in [2.75, 3.05) is 39.6 Å². The molecule has 19 heteroatoms. The van der Waals surface area contributed by atoms with Gasteiger partial charge in [-0.1, -0.05) is 338 Å². The summed E-state index contributed by atoms with van der Waals surface area (Å²) in [5.74, 6) is 0.873. The fourth-order valence-electron chi connectivity index (χ4n) is 11.7. The molecule has 0 bridgehead atoms. The molecule has 0 amide bonds. The Morgan fingerprint density at radius 3 is 0.646 bits per heavy atom. The van der Waals surface area contributed by atoms with E-state index in [0.717, 1.165) is 114 Å². The predicted octanol–water partition coefficient (Wildman–Crippen LogP) is 22.4. The van der Waals surface area contributed by atoms with Crippen LogP contribution >= 0.6 is 15.6 Å². The number of rotatable bonds is 74. The Morgan fingerprint density at radius 2 is 0.438 bits per heavy atom. The molecule has 0 heterocycles. The van der Waals surface area contributed by atoms with Gasteiger partial charge in [-0.05, 0) is 49.4 Å². The number of ether oxygens (including phenoxy) is 4. The molecule has 0 saturated carbocycles. The zero-order valence-corrected chi connectivity index (χ0v) is 64.8. The van der Waals surface area contributed by atoms with Crippen LogP contribution in [0.2, 0.25) is 0 Å². The van der Waals surface area contributed by atoms with Gasteiger partial charge in [0.2, 0.25) is 0 Å². The molecule has 0 spiro atoms. The Bertz CT molecular complexity index is 1880. The van der Waals surface area contributed by atoms with Gasteiger partial charge in [0.1, 0.15) is 19.3 Å². The molecule has 2 unspecified atom stereocenters. The van der Waals surface area contributed by atoms with E-state index in [2.05, 4.69) is 55.4 Å². The topological polar surface area (TPSA) is 237 Å². The van der Waals surface area contributed by atoms with E-state index in [1.54, 1.807) is 0 Å². The van der Waals surface area contributed by atoms with E-state index >= 15 is 0 Å². The molecule has 0 aromatic heterocycles. The molecule has 0 aromatic rings. The van der Waals surface area contributed by atoms with Crippen molar-refractivity contribution in [1.82, 2.24) is 0 Å². The Hall–Kier alpha value is -1.94. The summed E-state index contributed by atoms with van der Waals surface area (Å²) in [5, 5.41) is 10.6. The first-order valence-electron chi connectivity index (χ1n) is 39.7. The molecule has 3 N–H and O–H groups in total. The largest absolute Gasteiger partial charge is 0.472 e. The molecular formula is C77H150O17P2. The fraction of sp³-hybridized carbons (Fsp3) is 0.948. The molecule has 0 aromatic carbocycles. The number of hydrogen-bond acceptors (Lipinski definition) is 15. The number of aliphatic hydroxyl groups is 1. The second-order valence-corrected chi connectivity index (χ2v) is 32.6. The van der Waals surface area contributed by atoms with Crippen molar-refractivity contribution >= 4 is 39.5 Å². The van der Waals surface area contributed by atoms with Gasteiger partial charge in [0, 0.05) is 25.7 Å². The molecule has 570 valence electrons. The van der Waals surface area contributed by atoms with Gasteiger partial charge >= 0.3 is 39.5 Å². The van der Waals surface area contributed by atoms with Crippen LogP contribution in [0.3, 0.4) is 0 Å². The maximum atomic E-state index is 13.1. The van der Waals surface area contributed by atoms with E-state index in [9.17, 15) is 43.2 Å². The van der Waals surface area contributed by atoms with Crippen molar-refractivity contribution in [3.05, 3.63) is 0 Å². The molecule has 0 aliphatic heterocycles. The number of carbonyl (C=O) groups is 4. The molecule has 0 fully saturated rings. The monoisotopic (exact) mass is 1410 g/mol. The summed E-state index contributed by atoms with van der Waals surface area (Å²) in [5.41, 5.74) is 0. The van der Waals surface area contributed by atoms with Gasteiger partial charge in [0.15, 0.2) is 12.2 Å².